The number of benzene rings is 1. The van der Waals surface area contributed by atoms with Gasteiger partial charge < -0.3 is 10.0 Å². The summed E-state index contributed by atoms with van der Waals surface area (Å²) in [4.78, 5) is 4.86. The lowest BCUT2D eigenvalue weighted by Gasteiger charge is -2.40. The van der Waals surface area contributed by atoms with E-state index in [0.717, 1.165) is 44.0 Å². The zero-order valence-corrected chi connectivity index (χ0v) is 11.9. The van der Waals surface area contributed by atoms with Gasteiger partial charge in [0.1, 0.15) is 0 Å². The second kappa shape index (κ2) is 5.70. The first-order valence-corrected chi connectivity index (χ1v) is 7.54. The average Bonchev–Trinajstić information content (AvgIpc) is 2.86. The van der Waals surface area contributed by atoms with Crippen LogP contribution in [-0.2, 0) is 0 Å². The van der Waals surface area contributed by atoms with E-state index in [1.54, 1.807) is 0 Å². The Labute approximate surface area is 119 Å². The van der Waals surface area contributed by atoms with Gasteiger partial charge >= 0.3 is 0 Å². The summed E-state index contributed by atoms with van der Waals surface area (Å²) in [5.74, 6) is 0. The summed E-state index contributed by atoms with van der Waals surface area (Å²) in [5, 5.41) is 10.8. The molecule has 1 aromatic rings. The maximum Gasteiger partial charge on any atom is 0.0695 e. The van der Waals surface area contributed by atoms with E-state index >= 15 is 0 Å². The molecule has 0 bridgehead atoms. The minimum absolute atomic E-state index is 0.109. The first-order chi connectivity index (χ1) is 9.24. The lowest BCUT2D eigenvalue weighted by molar-refractivity contribution is 0.0671. The van der Waals surface area contributed by atoms with E-state index in [2.05, 4.69) is 21.9 Å². The van der Waals surface area contributed by atoms with Gasteiger partial charge in [-0.3, -0.25) is 4.90 Å². The maximum absolute atomic E-state index is 9.98. The highest BCUT2D eigenvalue weighted by atomic mass is 35.5. The molecule has 0 aromatic heterocycles. The van der Waals surface area contributed by atoms with Gasteiger partial charge in [0.25, 0.3) is 0 Å². The van der Waals surface area contributed by atoms with Gasteiger partial charge in [-0.15, -0.1) is 0 Å². The summed E-state index contributed by atoms with van der Waals surface area (Å²) >= 11 is 5.92. The summed E-state index contributed by atoms with van der Waals surface area (Å²) in [6.45, 7) is 4.16. The van der Waals surface area contributed by atoms with E-state index in [0.29, 0.717) is 6.04 Å². The second-order valence-corrected chi connectivity index (χ2v) is 6.00. The normalized spacial score (nSPS) is 28.8. The first-order valence-electron chi connectivity index (χ1n) is 7.17. The molecule has 1 N–H and O–H groups in total. The van der Waals surface area contributed by atoms with E-state index in [1.807, 2.05) is 12.1 Å². The number of hydrogen-bond acceptors (Lipinski definition) is 3. The second-order valence-electron chi connectivity index (χ2n) is 5.57. The Morgan fingerprint density at radius 2 is 1.68 bits per heavy atom. The van der Waals surface area contributed by atoms with Crippen LogP contribution in [0.15, 0.2) is 24.3 Å². The van der Waals surface area contributed by atoms with Crippen molar-refractivity contribution < 1.29 is 5.11 Å². The van der Waals surface area contributed by atoms with Crippen LogP contribution in [0.5, 0.6) is 0 Å². The largest absolute Gasteiger partial charge is 0.391 e. The number of nitrogens with zero attached hydrogens (tertiary/aromatic N) is 2. The van der Waals surface area contributed by atoms with Crippen LogP contribution in [0.25, 0.3) is 0 Å². The Morgan fingerprint density at radius 1 is 1.00 bits per heavy atom. The highest BCUT2D eigenvalue weighted by Crippen LogP contribution is 2.26. The molecule has 0 spiro atoms. The van der Waals surface area contributed by atoms with Crippen molar-refractivity contribution in [1.82, 2.24) is 4.90 Å². The van der Waals surface area contributed by atoms with Crippen molar-refractivity contribution in [2.45, 2.75) is 31.4 Å². The molecule has 3 rings (SSSR count). The van der Waals surface area contributed by atoms with Crippen molar-refractivity contribution in [2.75, 3.05) is 31.1 Å². The van der Waals surface area contributed by atoms with Crippen LogP contribution >= 0.6 is 11.6 Å². The maximum atomic E-state index is 9.98. The lowest BCUT2D eigenvalue weighted by Crippen LogP contribution is -2.52. The SMILES string of the molecule is O[C@H]1CCC[C@@H]1N1CCN(c2ccc(Cl)cc2)CC1. The zero-order chi connectivity index (χ0) is 13.2. The van der Waals surface area contributed by atoms with Gasteiger partial charge in [0.05, 0.1) is 6.10 Å². The third-order valence-electron chi connectivity index (χ3n) is 4.42. The first kappa shape index (κ1) is 13.2. The summed E-state index contributed by atoms with van der Waals surface area (Å²) < 4.78 is 0. The molecule has 3 nitrogen and oxygen atoms in total. The summed E-state index contributed by atoms with van der Waals surface area (Å²) in [5.41, 5.74) is 1.25. The molecule has 2 fully saturated rings. The topological polar surface area (TPSA) is 26.7 Å². The van der Waals surface area contributed by atoms with Crippen molar-refractivity contribution in [3.05, 3.63) is 29.3 Å². The Hall–Kier alpha value is -0.770. The van der Waals surface area contributed by atoms with E-state index in [9.17, 15) is 5.11 Å². The molecule has 19 heavy (non-hydrogen) atoms. The van der Waals surface area contributed by atoms with Crippen molar-refractivity contribution in [3.63, 3.8) is 0 Å². The molecule has 1 saturated heterocycles. The minimum atomic E-state index is -0.109. The average molecular weight is 281 g/mol. The molecular formula is C15H21ClN2O. The molecule has 1 aliphatic carbocycles. The Kier molecular flexibility index (Phi) is 3.96. The molecule has 1 aliphatic heterocycles. The number of rotatable bonds is 2. The van der Waals surface area contributed by atoms with Gasteiger partial charge in [0.2, 0.25) is 0 Å². The van der Waals surface area contributed by atoms with Gasteiger partial charge in [-0.1, -0.05) is 11.6 Å². The molecule has 1 saturated carbocycles. The van der Waals surface area contributed by atoms with Gasteiger partial charge in [0, 0.05) is 42.9 Å². The van der Waals surface area contributed by atoms with Gasteiger partial charge in [-0.2, -0.15) is 0 Å². The fourth-order valence-electron chi connectivity index (χ4n) is 3.31. The lowest BCUT2D eigenvalue weighted by atomic mass is 10.1. The molecule has 4 heteroatoms. The quantitative estimate of drug-likeness (QED) is 0.901. The van der Waals surface area contributed by atoms with Gasteiger partial charge in [-0.25, -0.2) is 0 Å². The minimum Gasteiger partial charge on any atom is -0.391 e. The fourth-order valence-corrected chi connectivity index (χ4v) is 3.44. The summed E-state index contributed by atoms with van der Waals surface area (Å²) in [7, 11) is 0. The Bertz CT molecular complexity index is 415. The number of hydrogen-bond donors (Lipinski definition) is 1. The monoisotopic (exact) mass is 280 g/mol. The molecular weight excluding hydrogens is 260 g/mol. The standard InChI is InChI=1S/C15H21ClN2O/c16-12-4-6-13(7-5-12)17-8-10-18(11-9-17)14-2-1-3-15(14)19/h4-7,14-15,19H,1-3,8-11H2/t14-,15-/m0/s1. The molecule has 1 heterocycles. The molecule has 2 aliphatic rings. The number of halogens is 1. The number of aliphatic hydroxyl groups excluding tert-OH is 1. The zero-order valence-electron chi connectivity index (χ0n) is 11.1. The third-order valence-corrected chi connectivity index (χ3v) is 4.67. The molecule has 104 valence electrons. The van der Waals surface area contributed by atoms with E-state index in [1.165, 1.54) is 12.1 Å². The molecule has 0 radical (unpaired) electrons. The fraction of sp³-hybridized carbons (Fsp3) is 0.600. The predicted octanol–water partition coefficient (Wildman–Crippen LogP) is 2.38. The molecule has 0 amide bonds. The predicted molar refractivity (Wildman–Crippen MR) is 78.9 cm³/mol. The van der Waals surface area contributed by atoms with Crippen molar-refractivity contribution in [1.29, 1.82) is 0 Å². The van der Waals surface area contributed by atoms with E-state index < -0.39 is 0 Å². The van der Waals surface area contributed by atoms with E-state index in [-0.39, 0.29) is 6.10 Å². The van der Waals surface area contributed by atoms with Crippen LogP contribution in [-0.4, -0.2) is 48.3 Å². The van der Waals surface area contributed by atoms with Crippen LogP contribution < -0.4 is 4.90 Å². The molecule has 0 unspecified atom stereocenters. The molecule has 1 aromatic carbocycles. The van der Waals surface area contributed by atoms with Crippen LogP contribution in [0.2, 0.25) is 5.02 Å². The van der Waals surface area contributed by atoms with Crippen LogP contribution in [0.1, 0.15) is 19.3 Å². The number of aliphatic hydroxyl groups is 1. The number of anilines is 1. The Balaban J connectivity index is 1.58. The van der Waals surface area contributed by atoms with Crippen molar-refractivity contribution in [2.24, 2.45) is 0 Å². The summed E-state index contributed by atoms with van der Waals surface area (Å²) in [6, 6.07) is 8.46. The Morgan fingerprint density at radius 3 is 2.26 bits per heavy atom. The van der Waals surface area contributed by atoms with Gasteiger partial charge in [-0.05, 0) is 43.5 Å². The van der Waals surface area contributed by atoms with Crippen LogP contribution in [0, 0.1) is 0 Å². The summed E-state index contributed by atoms with van der Waals surface area (Å²) in [6.07, 6.45) is 3.19. The molecule has 2 atom stereocenters. The van der Waals surface area contributed by atoms with Crippen LogP contribution in [0.4, 0.5) is 5.69 Å². The van der Waals surface area contributed by atoms with Gasteiger partial charge in [0.15, 0.2) is 0 Å². The van der Waals surface area contributed by atoms with Crippen LogP contribution in [0.3, 0.4) is 0 Å². The van der Waals surface area contributed by atoms with Crippen molar-refractivity contribution in [3.8, 4) is 0 Å². The third kappa shape index (κ3) is 2.88. The smallest absolute Gasteiger partial charge is 0.0695 e. The van der Waals surface area contributed by atoms with Crippen molar-refractivity contribution >= 4 is 17.3 Å². The van der Waals surface area contributed by atoms with E-state index in [4.69, 9.17) is 11.6 Å². The highest BCUT2D eigenvalue weighted by molar-refractivity contribution is 6.30. The number of piperazine rings is 1. The highest BCUT2D eigenvalue weighted by Gasteiger charge is 2.32.